The molecule has 27 heavy (non-hydrogen) atoms. The Hall–Kier alpha value is -3.36. The van der Waals surface area contributed by atoms with E-state index in [-0.39, 0.29) is 24.6 Å². The molecule has 0 bridgehead atoms. The first-order chi connectivity index (χ1) is 12.9. The van der Waals surface area contributed by atoms with E-state index >= 15 is 0 Å². The van der Waals surface area contributed by atoms with Gasteiger partial charge in [0.1, 0.15) is 0 Å². The van der Waals surface area contributed by atoms with E-state index in [9.17, 15) is 18.8 Å². The van der Waals surface area contributed by atoms with Crippen molar-refractivity contribution < 1.29 is 27.9 Å². The number of hydrogen-bond acceptors (Lipinski definition) is 5. The molecule has 3 amide bonds. The molecule has 8 nitrogen and oxygen atoms in total. The molecule has 0 aliphatic carbocycles. The molecule has 1 atom stereocenters. The molecule has 0 spiro atoms. The summed E-state index contributed by atoms with van der Waals surface area (Å²) in [7, 11) is 1.36. The van der Waals surface area contributed by atoms with Gasteiger partial charge in [-0.25, -0.2) is 4.39 Å². The smallest absolute Gasteiger partial charge is 0.287 e. The average molecular weight is 377 g/mol. The lowest BCUT2D eigenvalue weighted by Crippen LogP contribution is -2.42. The highest BCUT2D eigenvalue weighted by Gasteiger charge is 2.14. The number of methoxy groups -OCH3 is 1. The van der Waals surface area contributed by atoms with Gasteiger partial charge >= 0.3 is 0 Å². The Labute approximate surface area is 155 Å². The van der Waals surface area contributed by atoms with Crippen molar-refractivity contribution in [3.8, 4) is 5.75 Å². The number of carbonyl (C=O) groups is 3. The third kappa shape index (κ3) is 5.84. The first kappa shape index (κ1) is 20.0. The maximum absolute atomic E-state index is 13.7. The summed E-state index contributed by atoms with van der Waals surface area (Å²) in [6.45, 7) is 1.11. The highest BCUT2D eigenvalue weighted by atomic mass is 19.1. The summed E-state index contributed by atoms with van der Waals surface area (Å²) in [5.74, 6) is -1.86. The summed E-state index contributed by atoms with van der Waals surface area (Å²) in [6, 6.07) is 6.92. The lowest BCUT2D eigenvalue weighted by molar-refractivity contribution is -0.125. The van der Waals surface area contributed by atoms with Gasteiger partial charge in [-0.05, 0) is 36.8 Å². The quantitative estimate of drug-likeness (QED) is 0.639. The molecule has 0 radical (unpaired) electrons. The second-order valence-corrected chi connectivity index (χ2v) is 5.62. The van der Waals surface area contributed by atoms with Gasteiger partial charge in [-0.3, -0.25) is 14.4 Å². The van der Waals surface area contributed by atoms with Crippen LogP contribution in [-0.4, -0.2) is 37.9 Å². The molecular weight excluding hydrogens is 357 g/mol. The molecule has 2 rings (SSSR count). The SMILES string of the molecule is COc1ccc(C(C)NC(=O)CNC(=O)CNC(=O)c2ccco2)cc1F. The highest BCUT2D eigenvalue weighted by molar-refractivity contribution is 5.94. The predicted octanol–water partition coefficient (Wildman–Crippen LogP) is 1.15. The van der Waals surface area contributed by atoms with Gasteiger partial charge in [0.05, 0.1) is 32.5 Å². The van der Waals surface area contributed by atoms with Gasteiger partial charge < -0.3 is 25.1 Å². The van der Waals surface area contributed by atoms with Gasteiger partial charge in [0, 0.05) is 0 Å². The number of rotatable bonds is 8. The average Bonchev–Trinajstić information content (AvgIpc) is 3.19. The maximum atomic E-state index is 13.7. The van der Waals surface area contributed by atoms with Crippen molar-refractivity contribution in [2.45, 2.75) is 13.0 Å². The normalized spacial score (nSPS) is 11.4. The molecule has 1 heterocycles. The van der Waals surface area contributed by atoms with E-state index in [1.807, 2.05) is 0 Å². The number of ether oxygens (including phenoxy) is 1. The summed E-state index contributed by atoms with van der Waals surface area (Å²) in [5.41, 5.74) is 0.554. The third-order valence-corrected chi connectivity index (χ3v) is 3.65. The zero-order chi connectivity index (χ0) is 19.8. The van der Waals surface area contributed by atoms with Gasteiger partial charge in [-0.1, -0.05) is 6.07 Å². The minimum absolute atomic E-state index is 0.0843. The van der Waals surface area contributed by atoms with Crippen molar-refractivity contribution in [1.82, 2.24) is 16.0 Å². The molecule has 3 N–H and O–H groups in total. The van der Waals surface area contributed by atoms with E-state index in [1.165, 1.54) is 31.6 Å². The second kappa shape index (κ2) is 9.37. The molecule has 144 valence electrons. The van der Waals surface area contributed by atoms with Crippen molar-refractivity contribution in [1.29, 1.82) is 0 Å². The number of furan rings is 1. The van der Waals surface area contributed by atoms with Crippen LogP contribution in [-0.2, 0) is 9.59 Å². The summed E-state index contributed by atoms with van der Waals surface area (Å²) >= 11 is 0. The molecule has 1 unspecified atom stereocenters. The Kier molecular flexibility index (Phi) is 6.93. The maximum Gasteiger partial charge on any atom is 0.287 e. The summed E-state index contributed by atoms with van der Waals surface area (Å²) in [5, 5.41) is 7.38. The topological polar surface area (TPSA) is 110 Å². The highest BCUT2D eigenvalue weighted by Crippen LogP contribution is 2.21. The van der Waals surface area contributed by atoms with Crippen LogP contribution >= 0.6 is 0 Å². The third-order valence-electron chi connectivity index (χ3n) is 3.65. The number of amides is 3. The Balaban J connectivity index is 1.74. The fraction of sp³-hybridized carbons (Fsp3) is 0.278. The van der Waals surface area contributed by atoms with Gasteiger partial charge in [0.15, 0.2) is 17.3 Å². The van der Waals surface area contributed by atoms with Crippen LogP contribution in [0.2, 0.25) is 0 Å². The van der Waals surface area contributed by atoms with Crippen LogP contribution in [0.5, 0.6) is 5.75 Å². The second-order valence-electron chi connectivity index (χ2n) is 5.62. The molecule has 2 aromatic rings. The van der Waals surface area contributed by atoms with Crippen LogP contribution in [0.4, 0.5) is 4.39 Å². The molecule has 1 aromatic carbocycles. The molecule has 0 saturated carbocycles. The standard InChI is InChI=1S/C18H20FN3O5/c1-11(12-5-6-14(26-2)13(19)8-12)22-17(24)10-20-16(23)9-21-18(25)15-4-3-7-27-15/h3-8,11H,9-10H2,1-2H3,(H,20,23)(H,21,25)(H,22,24). The van der Waals surface area contributed by atoms with Crippen LogP contribution in [0.25, 0.3) is 0 Å². The van der Waals surface area contributed by atoms with Gasteiger partial charge in [-0.2, -0.15) is 0 Å². The van der Waals surface area contributed by atoms with E-state index in [2.05, 4.69) is 16.0 Å². The number of halogens is 1. The molecule has 0 fully saturated rings. The Bertz CT molecular complexity index is 807. The molecule has 0 aliphatic heterocycles. The lowest BCUT2D eigenvalue weighted by atomic mass is 10.1. The molecule has 9 heteroatoms. The number of carbonyl (C=O) groups excluding carboxylic acids is 3. The van der Waals surface area contributed by atoms with Crippen molar-refractivity contribution in [2.75, 3.05) is 20.2 Å². The summed E-state index contributed by atoms with van der Waals surface area (Å²) in [4.78, 5) is 35.2. The minimum Gasteiger partial charge on any atom is -0.494 e. The van der Waals surface area contributed by atoms with E-state index < -0.39 is 29.6 Å². The number of benzene rings is 1. The Morgan fingerprint density at radius 2 is 1.89 bits per heavy atom. The van der Waals surface area contributed by atoms with Crippen molar-refractivity contribution in [2.24, 2.45) is 0 Å². The van der Waals surface area contributed by atoms with Gasteiger partial charge in [-0.15, -0.1) is 0 Å². The molecule has 0 saturated heterocycles. The fourth-order valence-corrected chi connectivity index (χ4v) is 2.22. The van der Waals surface area contributed by atoms with Crippen LogP contribution in [0.15, 0.2) is 41.0 Å². The first-order valence-electron chi connectivity index (χ1n) is 8.12. The number of nitrogens with one attached hydrogen (secondary N) is 3. The monoisotopic (exact) mass is 377 g/mol. The summed E-state index contributed by atoms with van der Waals surface area (Å²) in [6.07, 6.45) is 1.34. The zero-order valence-electron chi connectivity index (χ0n) is 14.9. The van der Waals surface area contributed by atoms with E-state index in [4.69, 9.17) is 9.15 Å². The van der Waals surface area contributed by atoms with E-state index in [0.29, 0.717) is 5.56 Å². The largest absolute Gasteiger partial charge is 0.494 e. The summed E-state index contributed by atoms with van der Waals surface area (Å²) < 4.78 is 23.5. The molecular formula is C18H20FN3O5. The number of hydrogen-bond donors (Lipinski definition) is 3. The van der Waals surface area contributed by atoms with Crippen molar-refractivity contribution >= 4 is 17.7 Å². The lowest BCUT2D eigenvalue weighted by Gasteiger charge is -2.15. The van der Waals surface area contributed by atoms with Gasteiger partial charge in [0.2, 0.25) is 11.8 Å². The fourth-order valence-electron chi connectivity index (χ4n) is 2.22. The Morgan fingerprint density at radius 1 is 1.15 bits per heavy atom. The van der Waals surface area contributed by atoms with E-state index in [1.54, 1.807) is 19.1 Å². The van der Waals surface area contributed by atoms with E-state index in [0.717, 1.165) is 0 Å². The van der Waals surface area contributed by atoms with Crippen LogP contribution in [0.3, 0.4) is 0 Å². The van der Waals surface area contributed by atoms with Gasteiger partial charge in [0.25, 0.3) is 5.91 Å². The van der Waals surface area contributed by atoms with Crippen LogP contribution in [0, 0.1) is 5.82 Å². The van der Waals surface area contributed by atoms with Crippen LogP contribution in [0.1, 0.15) is 29.1 Å². The molecule has 0 aliphatic rings. The van der Waals surface area contributed by atoms with Crippen LogP contribution < -0.4 is 20.7 Å². The van der Waals surface area contributed by atoms with Crippen molar-refractivity contribution in [3.63, 3.8) is 0 Å². The Morgan fingerprint density at radius 3 is 2.52 bits per heavy atom. The molecule has 1 aromatic heterocycles. The first-order valence-corrected chi connectivity index (χ1v) is 8.12. The predicted molar refractivity (Wildman–Crippen MR) is 93.6 cm³/mol. The minimum atomic E-state index is -0.534. The van der Waals surface area contributed by atoms with Crippen molar-refractivity contribution in [3.05, 3.63) is 53.7 Å². The zero-order valence-corrected chi connectivity index (χ0v) is 14.9.